The van der Waals surface area contributed by atoms with Gasteiger partial charge in [0.1, 0.15) is 48.0 Å². The number of carboxylic acids is 1. The molecule has 7 aromatic carbocycles. The molecular weight excluding hydrogens is 1340 g/mol. The summed E-state index contributed by atoms with van der Waals surface area (Å²) in [5, 5.41) is 85.2. The smallest absolute Gasteiger partial charge is 0.425 e. The Morgan fingerprint density at radius 3 is 1.57 bits per heavy atom. The van der Waals surface area contributed by atoms with Crippen molar-refractivity contribution in [1.82, 2.24) is 9.78 Å². The molecule has 8 aromatic rings. The van der Waals surface area contributed by atoms with Crippen LogP contribution in [0.3, 0.4) is 0 Å². The molecule has 0 aliphatic rings. The first-order valence-electron chi connectivity index (χ1n) is 22.1. The zero-order valence-corrected chi connectivity index (χ0v) is 48.2. The van der Waals surface area contributed by atoms with Crippen LogP contribution < -0.4 is 5.73 Å². The third kappa shape index (κ3) is 15.8. The number of aromatic hydroxyl groups is 3. The maximum absolute atomic E-state index is 13.0. The number of carbonyl (C=O) groups is 1. The van der Waals surface area contributed by atoms with Crippen LogP contribution in [-0.4, -0.2) is 131 Å². The van der Waals surface area contributed by atoms with Crippen molar-refractivity contribution in [2.24, 2.45) is 40.9 Å². The van der Waals surface area contributed by atoms with E-state index in [-0.39, 0.29) is 11.4 Å². The summed E-state index contributed by atoms with van der Waals surface area (Å²) in [5.74, 6) is -5.09. The van der Waals surface area contributed by atoms with Crippen LogP contribution in [0.4, 0.5) is 56.9 Å². The number of nitro groups is 1. The topological polar surface area (TPSA) is 658 Å². The van der Waals surface area contributed by atoms with E-state index in [1.165, 1.54) is 18.2 Å². The second kappa shape index (κ2) is 25.9. The van der Waals surface area contributed by atoms with Gasteiger partial charge in [0.2, 0.25) is 11.6 Å². The highest BCUT2D eigenvalue weighted by Crippen LogP contribution is 2.48. The van der Waals surface area contributed by atoms with Crippen molar-refractivity contribution in [3.63, 3.8) is 0 Å². The zero-order valence-electron chi connectivity index (χ0n) is 42.5. The number of nitrogens with two attached hydrogens (primary N) is 1. The minimum atomic E-state index is -5.65. The Kier molecular flexibility index (Phi) is 19.7. The van der Waals surface area contributed by atoms with Crippen LogP contribution in [0.5, 0.6) is 17.4 Å². The summed E-state index contributed by atoms with van der Waals surface area (Å²) in [6, 6.07) is 15.5. The van der Waals surface area contributed by atoms with Gasteiger partial charge in [-0.2, -0.15) is 57.0 Å². The Balaban J connectivity index is 0.00000149. The second-order valence-corrected chi connectivity index (χ2v) is 24.2. The maximum Gasteiger partial charge on any atom is 0.425 e. The third-order valence-corrected chi connectivity index (χ3v) is 15.4. The highest BCUT2D eigenvalue weighted by Gasteiger charge is 2.30. The number of aromatic carboxylic acids is 1. The first kappa shape index (κ1) is 67.7. The number of phenolic OH excluding ortho intramolecular Hbond substituents is 2. The Hall–Kier alpha value is -10.5. The molecule has 0 aliphatic carbocycles. The molecule has 0 spiro atoms. The van der Waals surface area contributed by atoms with E-state index in [4.69, 9.17) is 31.0 Å². The van der Waals surface area contributed by atoms with Crippen molar-refractivity contribution in [3.8, 4) is 23.1 Å². The minimum absolute atomic E-state index is 0.174. The largest absolute Gasteiger partial charge is 0.505 e. The number of hydrogen-bond acceptors (Lipinski definition) is 32. The molecule has 0 unspecified atom stereocenters. The molecule has 0 fully saturated rings. The normalized spacial score (nSPS) is 12.3. The Labute approximate surface area is 496 Å². The van der Waals surface area contributed by atoms with Gasteiger partial charge in [0.25, 0.3) is 56.3 Å². The molecule has 89 heavy (non-hydrogen) atoms. The number of rotatable bonds is 16. The lowest BCUT2D eigenvalue weighted by molar-refractivity contribution is -0.384. The zero-order chi connectivity index (χ0) is 66.6. The molecule has 40 nitrogen and oxygen atoms in total. The quantitative estimate of drug-likeness (QED) is 0.0165. The van der Waals surface area contributed by atoms with Crippen LogP contribution in [0.1, 0.15) is 10.5 Å². The average Bonchev–Trinajstić information content (AvgIpc) is 1.35. The van der Waals surface area contributed by atoms with Gasteiger partial charge in [0.05, 0.1) is 32.3 Å². The first-order valence-corrected chi connectivity index (χ1v) is 31.3. The fraction of sp³-hybridized carbons (Fsp3) is 0. The molecular formula is C42H28N12O28S7. The van der Waals surface area contributed by atoms with E-state index in [2.05, 4.69) is 46.0 Å². The van der Waals surface area contributed by atoms with Crippen molar-refractivity contribution in [1.29, 1.82) is 0 Å². The molecule has 466 valence electrons. The number of anilines is 1. The van der Waals surface area contributed by atoms with E-state index in [1.54, 1.807) is 0 Å². The van der Waals surface area contributed by atoms with E-state index in [1.807, 2.05) is 0 Å². The van der Waals surface area contributed by atoms with Gasteiger partial charge in [-0.05, 0) is 78.9 Å². The maximum atomic E-state index is 13.0. The van der Waals surface area contributed by atoms with Gasteiger partial charge in [0, 0.05) is 22.2 Å². The lowest BCUT2D eigenvalue weighted by Gasteiger charge is -2.13. The number of phenols is 2. The number of nitrogens with zero attached hydrogens (tertiary/aromatic N) is 11. The molecule has 8 rings (SSSR count). The number of azo groups is 4. The molecule has 11 N–H and O–H groups in total. The molecule has 1 heterocycles. The summed E-state index contributed by atoms with van der Waals surface area (Å²) in [6.07, 6.45) is 0. The van der Waals surface area contributed by atoms with Crippen molar-refractivity contribution in [2.75, 3.05) is 5.73 Å². The van der Waals surface area contributed by atoms with E-state index in [0.717, 1.165) is 66.7 Å². The number of aromatic nitrogens is 2. The van der Waals surface area contributed by atoms with Crippen LogP contribution in [0.15, 0.2) is 169 Å². The average molecular weight is 1370 g/mol. The Morgan fingerprint density at radius 2 is 1.02 bits per heavy atom. The first-order chi connectivity index (χ1) is 41.1. The number of para-hydroxylation sites is 1. The number of carboxylic acid groups (broad SMARTS) is 1. The monoisotopic (exact) mass is 1370 g/mol. The summed E-state index contributed by atoms with van der Waals surface area (Å²) in [5.41, 5.74) is -1.90. The summed E-state index contributed by atoms with van der Waals surface area (Å²) >= 11 is 0. The van der Waals surface area contributed by atoms with E-state index in [0.29, 0.717) is 22.9 Å². The van der Waals surface area contributed by atoms with Gasteiger partial charge < -0.3 is 26.2 Å². The third-order valence-electron chi connectivity index (χ3n) is 11.0. The fourth-order valence-electron chi connectivity index (χ4n) is 7.43. The highest BCUT2D eigenvalue weighted by atomic mass is 32.2. The van der Waals surface area contributed by atoms with Crippen LogP contribution in [0.2, 0.25) is 0 Å². The Bertz CT molecular complexity index is 5260. The van der Waals surface area contributed by atoms with Gasteiger partial charge in [0.15, 0.2) is 22.9 Å². The molecule has 1 aromatic heterocycles. The molecule has 0 aliphatic heterocycles. The molecule has 0 atom stereocenters. The van der Waals surface area contributed by atoms with Crippen molar-refractivity contribution < 1.29 is 120 Å². The fourth-order valence-corrected chi connectivity index (χ4v) is 10.7. The van der Waals surface area contributed by atoms with Gasteiger partial charge in [-0.1, -0.05) is 18.2 Å². The SMILES string of the molecule is Nc1c(N=Nc2ccc3c(O)c(N=Nc4ccc(N=Nc5c(C(=O)O)nn(-c6ccc(S(=O)(=O)O)cc6)c5O)c(S(=O)(=O)O)c4)c(S(=O)(=O)O)cc3c2S(=O)(=O)O)cc(S(=O)(=O)O)c2ccc(N=Nc3ccccc3[N+](=O)[O-])c(O)c12.O=S(=O)=O.O=S(=O)=O. The second-order valence-electron chi connectivity index (χ2n) is 16.5. The number of nitrogen functional groups attached to an aromatic ring is 1. The summed E-state index contributed by atoms with van der Waals surface area (Å²) in [4.78, 5) is 17.2. The van der Waals surface area contributed by atoms with E-state index in [9.17, 15) is 100 Å². The summed E-state index contributed by atoms with van der Waals surface area (Å²) in [7, 11) is -32.8. The van der Waals surface area contributed by atoms with Crippen molar-refractivity contribution >= 4 is 156 Å². The van der Waals surface area contributed by atoms with Gasteiger partial charge in [-0.3, -0.25) is 32.9 Å². The summed E-state index contributed by atoms with van der Waals surface area (Å²) in [6.45, 7) is 0. The standard InChI is InChI=1S/C42H28N12O22S5.2O3S/c43-34-28(17-30(78(65,66)67)22-11-13-26(39(56)33(22)34)47-45-24-3-1-2-4-29(24)54(60)61)49-48-27-14-10-21-23(40(27)81(74,75)76)16-32(80(71,72)73)35(38(21)55)50-44-18-5-12-25(31(15-18)79(68,69)70)46-51-36-37(42(58)59)52-53(41(36)57)19-6-8-20(9-7-19)77(62,63)64;2*1-4(2)3/h1-17,55-57H,43H2,(H,58,59)(H,62,63,64)(H,65,66,67)(H,68,69,70)(H,71,72,73)(H,74,75,76);;. The van der Waals surface area contributed by atoms with E-state index < -0.39 is 203 Å². The number of nitro benzene ring substituents is 1. The van der Waals surface area contributed by atoms with Crippen LogP contribution in [0, 0.1) is 10.1 Å². The van der Waals surface area contributed by atoms with Gasteiger partial charge >= 0.3 is 27.2 Å². The van der Waals surface area contributed by atoms with Crippen LogP contribution in [-0.2, 0) is 71.8 Å². The van der Waals surface area contributed by atoms with Crippen molar-refractivity contribution in [2.45, 2.75) is 24.5 Å². The lowest BCUT2D eigenvalue weighted by atomic mass is 10.1. The van der Waals surface area contributed by atoms with Crippen LogP contribution >= 0.6 is 0 Å². The number of hydrogen-bond donors (Lipinski definition) is 10. The molecule has 0 bridgehead atoms. The van der Waals surface area contributed by atoms with E-state index >= 15 is 0 Å². The molecule has 0 saturated carbocycles. The predicted molar refractivity (Wildman–Crippen MR) is 293 cm³/mol. The number of fused-ring (bicyclic) bond motifs is 2. The van der Waals surface area contributed by atoms with Gasteiger partial charge in [-0.15, -0.1) is 61.1 Å². The van der Waals surface area contributed by atoms with Crippen molar-refractivity contribution in [3.05, 3.63) is 119 Å². The predicted octanol–water partition coefficient (Wildman–Crippen LogP) is 6.37. The lowest BCUT2D eigenvalue weighted by Crippen LogP contribution is -2.03. The molecule has 0 saturated heterocycles. The minimum Gasteiger partial charge on any atom is -0.505 e. The number of benzene rings is 7. The Morgan fingerprint density at radius 1 is 0.517 bits per heavy atom. The molecule has 0 radical (unpaired) electrons. The molecule has 0 amide bonds. The molecule has 47 heteroatoms. The highest BCUT2D eigenvalue weighted by molar-refractivity contribution is 7.87. The summed E-state index contributed by atoms with van der Waals surface area (Å²) < 4.78 is 227. The van der Waals surface area contributed by atoms with Crippen LogP contribution in [0.25, 0.3) is 27.2 Å². The van der Waals surface area contributed by atoms with Gasteiger partial charge in [-0.25, -0.2) is 4.79 Å².